The number of piperazine rings is 1. The molecule has 2 heterocycles. The largest absolute Gasteiger partial charge is 0.478 e. The highest BCUT2D eigenvalue weighted by atomic mass is 32.1. The average molecular weight is 441 g/mol. The van der Waals surface area contributed by atoms with E-state index in [1.165, 1.54) is 61.4 Å². The Balaban J connectivity index is 0.000000293. The number of carboxylic acid groups (broad SMARTS) is 2. The van der Waals surface area contributed by atoms with Crippen LogP contribution in [0.2, 0.25) is 0 Å². The lowest BCUT2D eigenvalue weighted by atomic mass is 9.96. The minimum atomic E-state index is -1.26. The number of thiophene rings is 1. The molecule has 0 spiro atoms. The molecule has 2 aliphatic rings. The number of allylic oxidation sites excluding steroid dienone is 1. The Bertz CT molecular complexity index is 942. The first kappa shape index (κ1) is 22.9. The molecule has 0 radical (unpaired) electrons. The second-order valence-electron chi connectivity index (χ2n) is 7.68. The molecule has 0 saturated carbocycles. The van der Waals surface area contributed by atoms with E-state index in [4.69, 9.17) is 10.2 Å². The highest BCUT2D eigenvalue weighted by Gasteiger charge is 2.19. The maximum Gasteiger partial charge on any atom is 0.328 e. The van der Waals surface area contributed by atoms with Crippen LogP contribution in [0.15, 0.2) is 53.3 Å². The van der Waals surface area contributed by atoms with Crippen LogP contribution in [0.3, 0.4) is 0 Å². The van der Waals surface area contributed by atoms with Crippen molar-refractivity contribution in [1.29, 1.82) is 0 Å². The number of fused-ring (bicyclic) bond motifs is 1. The normalized spacial score (nSPS) is 16.5. The van der Waals surface area contributed by atoms with Crippen LogP contribution >= 0.6 is 11.3 Å². The van der Waals surface area contributed by atoms with Gasteiger partial charge >= 0.3 is 11.9 Å². The number of hydrogen-bond acceptors (Lipinski definition) is 5. The average Bonchev–Trinajstić information content (AvgIpc) is 3.42. The van der Waals surface area contributed by atoms with Gasteiger partial charge in [0.15, 0.2) is 0 Å². The fraction of sp³-hybridized carbons (Fsp3) is 0.333. The van der Waals surface area contributed by atoms with E-state index < -0.39 is 11.9 Å². The van der Waals surface area contributed by atoms with Gasteiger partial charge in [-0.1, -0.05) is 24.3 Å². The van der Waals surface area contributed by atoms with Gasteiger partial charge < -0.3 is 20.0 Å². The highest BCUT2D eigenvalue weighted by molar-refractivity contribution is 7.08. The van der Waals surface area contributed by atoms with Gasteiger partial charge in [0, 0.05) is 44.9 Å². The van der Waals surface area contributed by atoms with Crippen LogP contribution in [0.25, 0.3) is 16.7 Å². The summed E-state index contributed by atoms with van der Waals surface area (Å²) in [5, 5.41) is 20.1. The molecule has 1 fully saturated rings. The van der Waals surface area contributed by atoms with E-state index in [0.717, 1.165) is 6.42 Å². The predicted molar refractivity (Wildman–Crippen MR) is 124 cm³/mol. The van der Waals surface area contributed by atoms with E-state index >= 15 is 0 Å². The van der Waals surface area contributed by atoms with E-state index in [-0.39, 0.29) is 0 Å². The predicted octanol–water partition coefficient (Wildman–Crippen LogP) is 3.70. The van der Waals surface area contributed by atoms with E-state index in [2.05, 4.69) is 57.9 Å². The number of carbonyl (C=O) groups is 2. The first-order chi connectivity index (χ1) is 14.9. The number of likely N-dealkylation sites (N-methyl/N-ethyl adjacent to an activating group) is 1. The number of carboxylic acids is 2. The van der Waals surface area contributed by atoms with Crippen molar-refractivity contribution in [3.63, 3.8) is 0 Å². The van der Waals surface area contributed by atoms with Crippen LogP contribution in [-0.4, -0.2) is 71.7 Å². The van der Waals surface area contributed by atoms with Crippen molar-refractivity contribution < 1.29 is 19.8 Å². The molecule has 1 aliphatic carbocycles. The molecule has 1 aromatic heterocycles. The van der Waals surface area contributed by atoms with Gasteiger partial charge in [-0.3, -0.25) is 0 Å². The molecule has 4 rings (SSSR count). The van der Waals surface area contributed by atoms with Crippen molar-refractivity contribution in [2.24, 2.45) is 0 Å². The third-order valence-corrected chi connectivity index (χ3v) is 6.25. The fourth-order valence-electron chi connectivity index (χ4n) is 3.86. The number of aliphatic carboxylic acids is 2. The van der Waals surface area contributed by atoms with Crippen LogP contribution in [0.5, 0.6) is 0 Å². The molecule has 2 aromatic rings. The zero-order valence-corrected chi connectivity index (χ0v) is 18.5. The second-order valence-corrected chi connectivity index (χ2v) is 8.46. The van der Waals surface area contributed by atoms with Crippen LogP contribution in [0, 0.1) is 0 Å². The summed E-state index contributed by atoms with van der Waals surface area (Å²) in [6.45, 7) is 6.04. The summed E-state index contributed by atoms with van der Waals surface area (Å²) in [6, 6.07) is 9.05. The van der Waals surface area contributed by atoms with Crippen molar-refractivity contribution in [2.75, 3.05) is 39.8 Å². The fourth-order valence-corrected chi connectivity index (χ4v) is 4.52. The van der Waals surface area contributed by atoms with Gasteiger partial charge in [-0.05, 0) is 64.5 Å². The van der Waals surface area contributed by atoms with E-state index in [9.17, 15) is 9.59 Å². The van der Waals surface area contributed by atoms with Gasteiger partial charge in [-0.25, -0.2) is 9.59 Å². The first-order valence-electron chi connectivity index (χ1n) is 10.3. The van der Waals surface area contributed by atoms with Gasteiger partial charge in [-0.15, -0.1) is 0 Å². The Hall–Kier alpha value is -2.74. The molecule has 0 bridgehead atoms. The molecule has 6 nitrogen and oxygen atoms in total. The molecule has 164 valence electrons. The Morgan fingerprint density at radius 1 is 1.03 bits per heavy atom. The van der Waals surface area contributed by atoms with E-state index in [1.807, 2.05) is 0 Å². The Morgan fingerprint density at radius 3 is 2.32 bits per heavy atom. The van der Waals surface area contributed by atoms with Crippen LogP contribution in [0.4, 0.5) is 0 Å². The smallest absolute Gasteiger partial charge is 0.328 e. The van der Waals surface area contributed by atoms with Gasteiger partial charge in [-0.2, -0.15) is 11.3 Å². The summed E-state index contributed by atoms with van der Waals surface area (Å²) in [7, 11) is 2.22. The van der Waals surface area contributed by atoms with Gasteiger partial charge in [0.2, 0.25) is 0 Å². The summed E-state index contributed by atoms with van der Waals surface area (Å²) >= 11 is 1.78. The molecule has 1 aromatic carbocycles. The molecule has 0 amide bonds. The molecule has 1 aliphatic heterocycles. The van der Waals surface area contributed by atoms with E-state index in [0.29, 0.717) is 12.2 Å². The van der Waals surface area contributed by atoms with Crippen molar-refractivity contribution in [3.05, 3.63) is 64.4 Å². The second kappa shape index (κ2) is 11.0. The quantitative estimate of drug-likeness (QED) is 0.667. The summed E-state index contributed by atoms with van der Waals surface area (Å²) in [6.07, 6.45) is 5.85. The lowest BCUT2D eigenvalue weighted by molar-refractivity contribution is -0.134. The van der Waals surface area contributed by atoms with Crippen molar-refractivity contribution in [3.8, 4) is 11.1 Å². The molecular weight excluding hydrogens is 412 g/mol. The number of nitrogens with zero attached hydrogens (tertiary/aromatic N) is 2. The molecule has 0 atom stereocenters. The number of rotatable bonds is 6. The third-order valence-electron chi connectivity index (χ3n) is 5.57. The lowest BCUT2D eigenvalue weighted by Crippen LogP contribution is -2.44. The minimum absolute atomic E-state index is 0.558. The van der Waals surface area contributed by atoms with Crippen LogP contribution in [0.1, 0.15) is 17.5 Å². The SMILES string of the molecule is CN1CCN(CCC2=CCc3c2cccc3-c2ccsc2)CC1.O=C(O)/C=C\C(=O)O. The van der Waals surface area contributed by atoms with E-state index in [1.54, 1.807) is 16.9 Å². The number of hydrogen-bond donors (Lipinski definition) is 2. The topological polar surface area (TPSA) is 81.1 Å². The van der Waals surface area contributed by atoms with Crippen LogP contribution < -0.4 is 0 Å². The van der Waals surface area contributed by atoms with Crippen molar-refractivity contribution in [1.82, 2.24) is 9.80 Å². The third kappa shape index (κ3) is 6.62. The summed E-state index contributed by atoms with van der Waals surface area (Å²) in [4.78, 5) is 24.1. The molecular formula is C24H28N2O4S. The summed E-state index contributed by atoms with van der Waals surface area (Å²) < 4.78 is 0. The Labute approximate surface area is 186 Å². The van der Waals surface area contributed by atoms with Crippen LogP contribution in [-0.2, 0) is 16.0 Å². The van der Waals surface area contributed by atoms with Crippen molar-refractivity contribution in [2.45, 2.75) is 12.8 Å². The Kier molecular flexibility index (Phi) is 8.17. The monoisotopic (exact) mass is 440 g/mol. The van der Waals surface area contributed by atoms with Gasteiger partial charge in [0.25, 0.3) is 0 Å². The van der Waals surface area contributed by atoms with Gasteiger partial charge in [0.05, 0.1) is 0 Å². The van der Waals surface area contributed by atoms with Gasteiger partial charge in [0.1, 0.15) is 0 Å². The molecule has 1 saturated heterocycles. The Morgan fingerprint density at radius 2 is 1.71 bits per heavy atom. The summed E-state index contributed by atoms with van der Waals surface area (Å²) in [5.74, 6) is -2.51. The maximum atomic E-state index is 9.55. The first-order valence-corrected chi connectivity index (χ1v) is 11.3. The number of benzene rings is 1. The maximum absolute atomic E-state index is 9.55. The molecule has 0 unspecified atom stereocenters. The summed E-state index contributed by atoms with van der Waals surface area (Å²) in [5.41, 5.74) is 7.37. The zero-order valence-electron chi connectivity index (χ0n) is 17.7. The van der Waals surface area contributed by atoms with Crippen molar-refractivity contribution >= 4 is 28.8 Å². The molecule has 7 heteroatoms. The lowest BCUT2D eigenvalue weighted by Gasteiger charge is -2.32. The zero-order chi connectivity index (χ0) is 22.2. The highest BCUT2D eigenvalue weighted by Crippen LogP contribution is 2.37. The molecule has 31 heavy (non-hydrogen) atoms. The molecule has 2 N–H and O–H groups in total. The standard InChI is InChI=1S/C20H24N2S.C4H4O4/c1-21-10-12-22(13-11-21)9-7-16-5-6-20-18(16)3-2-4-19(20)17-8-14-23-15-17;5-3(6)1-2-4(7)8/h2-5,8,14-15H,6-7,9-13H2,1H3;1-2H,(H,5,6)(H,7,8)/b;2-1-. The minimum Gasteiger partial charge on any atom is -0.478 e.